The van der Waals surface area contributed by atoms with Crippen LogP contribution in [0.2, 0.25) is 0 Å². The van der Waals surface area contributed by atoms with Crippen LogP contribution in [0.5, 0.6) is 0 Å². The standard InChI is InChI=1S/C19H21N3OS/c1-13-19(24-18(21-13)10-15-5-3-6-15)22(14(2)23)12-17-8-4-7-16(9-17)11-20/h4,7-9,15H,3,5-6,10,12H2,1-2H3. The smallest absolute Gasteiger partial charge is 0.224 e. The third kappa shape index (κ3) is 3.65. The van der Waals surface area contributed by atoms with E-state index in [0.29, 0.717) is 12.1 Å². The van der Waals surface area contributed by atoms with E-state index in [-0.39, 0.29) is 5.91 Å². The summed E-state index contributed by atoms with van der Waals surface area (Å²) in [5.41, 5.74) is 2.49. The van der Waals surface area contributed by atoms with Crippen LogP contribution in [-0.2, 0) is 17.8 Å². The Morgan fingerprint density at radius 3 is 2.88 bits per heavy atom. The van der Waals surface area contributed by atoms with Gasteiger partial charge in [-0.3, -0.25) is 9.69 Å². The molecule has 0 spiro atoms. The van der Waals surface area contributed by atoms with Crippen LogP contribution in [0.4, 0.5) is 5.00 Å². The van der Waals surface area contributed by atoms with Gasteiger partial charge in [-0.05, 0) is 30.5 Å². The van der Waals surface area contributed by atoms with Crippen molar-refractivity contribution in [3.63, 3.8) is 0 Å². The summed E-state index contributed by atoms with van der Waals surface area (Å²) in [6, 6.07) is 9.56. The molecule has 1 saturated carbocycles. The summed E-state index contributed by atoms with van der Waals surface area (Å²) in [6.45, 7) is 4.02. The van der Waals surface area contributed by atoms with Gasteiger partial charge in [0.25, 0.3) is 0 Å². The number of benzene rings is 1. The molecule has 2 aromatic rings. The zero-order valence-corrected chi connectivity index (χ0v) is 14.9. The third-order valence-electron chi connectivity index (χ3n) is 4.53. The SMILES string of the molecule is CC(=O)N(Cc1cccc(C#N)c1)c1sc(CC2CCC2)nc1C. The molecular formula is C19H21N3OS. The summed E-state index contributed by atoms with van der Waals surface area (Å²) >= 11 is 1.63. The van der Waals surface area contributed by atoms with Gasteiger partial charge in [0.05, 0.1) is 28.9 Å². The molecule has 0 atom stereocenters. The minimum Gasteiger partial charge on any atom is -0.298 e. The topological polar surface area (TPSA) is 57.0 Å². The van der Waals surface area contributed by atoms with Gasteiger partial charge in [-0.1, -0.05) is 31.4 Å². The van der Waals surface area contributed by atoms with E-state index >= 15 is 0 Å². The minimum absolute atomic E-state index is 0.000644. The number of nitriles is 1. The van der Waals surface area contributed by atoms with Crippen LogP contribution in [0.3, 0.4) is 0 Å². The van der Waals surface area contributed by atoms with Crippen molar-refractivity contribution < 1.29 is 4.79 Å². The second-order valence-corrected chi connectivity index (χ2v) is 7.48. The molecule has 1 aromatic carbocycles. The highest BCUT2D eigenvalue weighted by atomic mass is 32.1. The van der Waals surface area contributed by atoms with E-state index in [0.717, 1.165) is 33.6 Å². The molecule has 1 aliphatic carbocycles. The number of thiazole rings is 1. The molecule has 0 bridgehead atoms. The van der Waals surface area contributed by atoms with Crippen molar-refractivity contribution in [3.05, 3.63) is 46.1 Å². The fraction of sp³-hybridized carbons (Fsp3) is 0.421. The summed E-state index contributed by atoms with van der Waals surface area (Å²) < 4.78 is 0. The number of rotatable bonds is 5. The number of aromatic nitrogens is 1. The lowest BCUT2D eigenvalue weighted by Gasteiger charge is -2.24. The van der Waals surface area contributed by atoms with Gasteiger partial charge in [-0.25, -0.2) is 4.98 Å². The normalized spacial score (nSPS) is 14.0. The Balaban J connectivity index is 1.82. The minimum atomic E-state index is -0.000644. The fourth-order valence-electron chi connectivity index (χ4n) is 2.97. The highest BCUT2D eigenvalue weighted by Crippen LogP contribution is 2.35. The van der Waals surface area contributed by atoms with E-state index in [1.165, 1.54) is 19.3 Å². The first kappa shape index (κ1) is 16.7. The third-order valence-corrected chi connectivity index (χ3v) is 5.73. The molecular weight excluding hydrogens is 318 g/mol. The number of nitrogens with zero attached hydrogens (tertiary/aromatic N) is 3. The van der Waals surface area contributed by atoms with Crippen molar-refractivity contribution in [2.45, 2.75) is 46.1 Å². The molecule has 0 N–H and O–H groups in total. The average Bonchev–Trinajstić information content (AvgIpc) is 2.89. The first-order valence-electron chi connectivity index (χ1n) is 8.30. The maximum absolute atomic E-state index is 12.2. The quantitative estimate of drug-likeness (QED) is 0.819. The second kappa shape index (κ2) is 7.14. The van der Waals surface area contributed by atoms with Gasteiger partial charge in [0, 0.05) is 13.3 Å². The number of carbonyl (C=O) groups excluding carboxylic acids is 1. The van der Waals surface area contributed by atoms with Crippen molar-refractivity contribution >= 4 is 22.2 Å². The van der Waals surface area contributed by atoms with Crippen molar-refractivity contribution in [1.29, 1.82) is 5.26 Å². The van der Waals surface area contributed by atoms with Crippen LogP contribution in [0, 0.1) is 24.2 Å². The lowest BCUT2D eigenvalue weighted by atomic mass is 9.83. The van der Waals surface area contributed by atoms with Crippen molar-refractivity contribution in [2.75, 3.05) is 4.90 Å². The predicted octanol–water partition coefficient (Wildman–Crippen LogP) is 4.22. The van der Waals surface area contributed by atoms with Gasteiger partial charge >= 0.3 is 0 Å². The predicted molar refractivity (Wildman–Crippen MR) is 95.9 cm³/mol. The molecule has 1 fully saturated rings. The summed E-state index contributed by atoms with van der Waals surface area (Å²) in [5.74, 6) is 0.765. The molecule has 4 nitrogen and oxygen atoms in total. The largest absolute Gasteiger partial charge is 0.298 e. The lowest BCUT2D eigenvalue weighted by Crippen LogP contribution is -2.27. The Labute approximate surface area is 146 Å². The molecule has 3 rings (SSSR count). The number of anilines is 1. The zero-order chi connectivity index (χ0) is 17.1. The van der Waals surface area contributed by atoms with Gasteiger partial charge in [-0.15, -0.1) is 11.3 Å². The Hall–Kier alpha value is -2.19. The van der Waals surface area contributed by atoms with Crippen molar-refractivity contribution in [3.8, 4) is 6.07 Å². The van der Waals surface area contributed by atoms with Crippen LogP contribution >= 0.6 is 11.3 Å². The van der Waals surface area contributed by atoms with Crippen LogP contribution in [-0.4, -0.2) is 10.9 Å². The first-order valence-corrected chi connectivity index (χ1v) is 9.12. The van der Waals surface area contributed by atoms with E-state index in [1.54, 1.807) is 29.2 Å². The second-order valence-electron chi connectivity index (χ2n) is 6.42. The van der Waals surface area contributed by atoms with Crippen molar-refractivity contribution in [2.24, 2.45) is 5.92 Å². The molecule has 1 aromatic heterocycles. The summed E-state index contributed by atoms with van der Waals surface area (Å²) in [5, 5.41) is 11.1. The van der Waals surface area contributed by atoms with Crippen LogP contribution in [0.25, 0.3) is 0 Å². The van der Waals surface area contributed by atoms with Gasteiger partial charge in [0.2, 0.25) is 5.91 Å². The van der Waals surface area contributed by atoms with E-state index in [2.05, 4.69) is 11.1 Å². The Morgan fingerprint density at radius 1 is 1.46 bits per heavy atom. The Kier molecular flexibility index (Phi) is 4.96. The maximum Gasteiger partial charge on any atom is 0.224 e. The number of hydrogen-bond donors (Lipinski definition) is 0. The summed E-state index contributed by atoms with van der Waals surface area (Å²) in [7, 11) is 0. The fourth-order valence-corrected chi connectivity index (χ4v) is 4.19. The van der Waals surface area contributed by atoms with Gasteiger partial charge in [0.1, 0.15) is 5.00 Å². The molecule has 1 heterocycles. The number of carbonyl (C=O) groups is 1. The van der Waals surface area contributed by atoms with Gasteiger partial charge in [0.15, 0.2) is 0 Å². The molecule has 0 radical (unpaired) electrons. The van der Waals surface area contributed by atoms with Crippen LogP contribution in [0.15, 0.2) is 24.3 Å². The highest BCUT2D eigenvalue weighted by Gasteiger charge is 2.23. The Morgan fingerprint density at radius 2 is 2.25 bits per heavy atom. The summed E-state index contributed by atoms with van der Waals surface area (Å²) in [4.78, 5) is 18.6. The average molecular weight is 339 g/mol. The van der Waals surface area contributed by atoms with Gasteiger partial charge in [-0.2, -0.15) is 5.26 Å². The lowest BCUT2D eigenvalue weighted by molar-refractivity contribution is -0.116. The summed E-state index contributed by atoms with van der Waals surface area (Å²) in [6.07, 6.45) is 4.95. The van der Waals surface area contributed by atoms with Crippen molar-refractivity contribution in [1.82, 2.24) is 4.98 Å². The number of aryl methyl sites for hydroxylation is 1. The van der Waals surface area contributed by atoms with Crippen LogP contribution in [0.1, 0.15) is 48.0 Å². The molecule has 0 aliphatic heterocycles. The Bertz CT molecular complexity index is 786. The van der Waals surface area contributed by atoms with Crippen LogP contribution < -0.4 is 4.90 Å². The monoisotopic (exact) mass is 339 g/mol. The molecule has 1 aliphatic rings. The molecule has 0 unspecified atom stereocenters. The number of amides is 1. The zero-order valence-electron chi connectivity index (χ0n) is 14.1. The number of hydrogen-bond acceptors (Lipinski definition) is 4. The molecule has 0 saturated heterocycles. The van der Waals surface area contributed by atoms with E-state index in [9.17, 15) is 4.79 Å². The molecule has 24 heavy (non-hydrogen) atoms. The van der Waals surface area contributed by atoms with E-state index < -0.39 is 0 Å². The highest BCUT2D eigenvalue weighted by molar-refractivity contribution is 7.16. The first-order chi connectivity index (χ1) is 11.6. The van der Waals surface area contributed by atoms with Gasteiger partial charge < -0.3 is 0 Å². The van der Waals surface area contributed by atoms with E-state index in [1.807, 2.05) is 25.1 Å². The van der Waals surface area contributed by atoms with E-state index in [4.69, 9.17) is 5.26 Å². The molecule has 1 amide bonds. The maximum atomic E-state index is 12.2. The molecule has 124 valence electrons. The molecule has 5 heteroatoms.